The quantitative estimate of drug-likeness (QED) is 0.865. The minimum Gasteiger partial charge on any atom is -0.493 e. The average molecular weight is 372 g/mol. The van der Waals surface area contributed by atoms with E-state index in [1.165, 1.54) is 0 Å². The van der Waals surface area contributed by atoms with Crippen LogP contribution in [0, 0.1) is 5.82 Å². The number of halogens is 2. The summed E-state index contributed by atoms with van der Waals surface area (Å²) in [7, 11) is -3.94. The highest BCUT2D eigenvalue weighted by Crippen LogP contribution is 2.36. The summed E-state index contributed by atoms with van der Waals surface area (Å²) >= 11 is 5.63. The van der Waals surface area contributed by atoms with Gasteiger partial charge in [-0.2, -0.15) is 0 Å². The molecule has 8 heteroatoms. The van der Waals surface area contributed by atoms with Gasteiger partial charge in [0, 0.05) is 18.5 Å². The normalized spacial score (nSPS) is 20.3. The number of sulfonamides is 1. The van der Waals surface area contributed by atoms with Crippen molar-refractivity contribution in [3.05, 3.63) is 58.9 Å². The zero-order valence-corrected chi connectivity index (χ0v) is 14.1. The first-order valence-electron chi connectivity index (χ1n) is 7.21. The fourth-order valence-corrected chi connectivity index (χ4v) is 3.93. The van der Waals surface area contributed by atoms with Crippen molar-refractivity contribution in [3.63, 3.8) is 0 Å². The number of rotatable bonds is 4. The number of para-hydroxylation sites is 1. The molecule has 2 aromatic rings. The summed E-state index contributed by atoms with van der Waals surface area (Å²) in [6.07, 6.45) is 0.247. The lowest BCUT2D eigenvalue weighted by atomic mass is 9.88. The zero-order valence-electron chi connectivity index (χ0n) is 12.5. The maximum absolute atomic E-state index is 13.2. The van der Waals surface area contributed by atoms with Crippen LogP contribution < -0.4 is 9.46 Å². The Balaban J connectivity index is 1.83. The van der Waals surface area contributed by atoms with E-state index in [2.05, 4.69) is 4.72 Å². The molecule has 1 aliphatic heterocycles. The largest absolute Gasteiger partial charge is 0.493 e. The summed E-state index contributed by atoms with van der Waals surface area (Å²) in [6, 6.07) is 10.1. The molecule has 1 atom stereocenters. The molecular weight excluding hydrogens is 357 g/mol. The van der Waals surface area contributed by atoms with E-state index >= 15 is 0 Å². The molecule has 2 aromatic carbocycles. The van der Waals surface area contributed by atoms with Crippen molar-refractivity contribution in [2.75, 3.05) is 13.2 Å². The predicted molar refractivity (Wildman–Crippen MR) is 87.0 cm³/mol. The Kier molecular flexibility index (Phi) is 4.52. The second-order valence-corrected chi connectivity index (χ2v) is 7.70. The summed E-state index contributed by atoms with van der Waals surface area (Å²) in [6.45, 7) is 0.0440. The lowest BCUT2D eigenvalue weighted by molar-refractivity contribution is 0.00219. The second kappa shape index (κ2) is 6.33. The van der Waals surface area contributed by atoms with E-state index in [1.54, 1.807) is 24.3 Å². The monoisotopic (exact) mass is 371 g/mol. The van der Waals surface area contributed by atoms with Crippen molar-refractivity contribution < 1.29 is 22.7 Å². The minimum atomic E-state index is -3.94. The number of hydrogen-bond donors (Lipinski definition) is 2. The van der Waals surface area contributed by atoms with Crippen LogP contribution in [0.1, 0.15) is 12.0 Å². The molecule has 128 valence electrons. The van der Waals surface area contributed by atoms with Crippen LogP contribution in [0.4, 0.5) is 4.39 Å². The van der Waals surface area contributed by atoms with E-state index in [-0.39, 0.29) is 29.5 Å². The SMILES string of the molecule is O=S(=O)(NC[C@@]1(O)CCOc2ccccc21)c1ccc(F)c(Cl)c1. The lowest BCUT2D eigenvalue weighted by Gasteiger charge is -2.34. The molecule has 0 fully saturated rings. The van der Waals surface area contributed by atoms with Crippen LogP contribution in [-0.4, -0.2) is 26.7 Å². The Labute approximate surface area is 144 Å². The fourth-order valence-electron chi connectivity index (χ4n) is 2.57. The first-order chi connectivity index (χ1) is 11.3. The molecule has 0 saturated carbocycles. The highest BCUT2D eigenvalue weighted by atomic mass is 35.5. The number of benzene rings is 2. The van der Waals surface area contributed by atoms with E-state index in [0.717, 1.165) is 18.2 Å². The van der Waals surface area contributed by atoms with Gasteiger partial charge in [0.1, 0.15) is 17.2 Å². The summed E-state index contributed by atoms with van der Waals surface area (Å²) in [5, 5.41) is 10.6. The Morgan fingerprint density at radius 1 is 1.29 bits per heavy atom. The minimum absolute atomic E-state index is 0.169. The summed E-state index contributed by atoms with van der Waals surface area (Å²) in [5.41, 5.74) is -0.859. The molecule has 0 spiro atoms. The third kappa shape index (κ3) is 3.25. The van der Waals surface area contributed by atoms with Crippen LogP contribution in [0.2, 0.25) is 5.02 Å². The molecule has 0 radical (unpaired) electrons. The smallest absolute Gasteiger partial charge is 0.240 e. The summed E-state index contributed by atoms with van der Waals surface area (Å²) < 4.78 is 45.7. The maximum Gasteiger partial charge on any atom is 0.240 e. The number of ether oxygens (including phenoxy) is 1. The van der Waals surface area contributed by atoms with Gasteiger partial charge in [-0.05, 0) is 24.3 Å². The third-order valence-corrected chi connectivity index (χ3v) is 5.61. The molecule has 5 nitrogen and oxygen atoms in total. The molecule has 1 heterocycles. The lowest BCUT2D eigenvalue weighted by Crippen LogP contribution is -2.43. The van der Waals surface area contributed by atoms with Gasteiger partial charge in [0.15, 0.2) is 0 Å². The molecule has 24 heavy (non-hydrogen) atoms. The Bertz CT molecular complexity index is 874. The number of hydrogen-bond acceptors (Lipinski definition) is 4. The van der Waals surface area contributed by atoms with Gasteiger partial charge < -0.3 is 9.84 Å². The van der Waals surface area contributed by atoms with E-state index < -0.39 is 21.4 Å². The van der Waals surface area contributed by atoms with E-state index in [0.29, 0.717) is 11.3 Å². The number of aliphatic hydroxyl groups is 1. The van der Waals surface area contributed by atoms with Crippen LogP contribution in [-0.2, 0) is 15.6 Å². The molecule has 0 unspecified atom stereocenters. The van der Waals surface area contributed by atoms with Gasteiger partial charge in [-0.1, -0.05) is 29.8 Å². The Morgan fingerprint density at radius 2 is 2.04 bits per heavy atom. The second-order valence-electron chi connectivity index (χ2n) is 5.53. The molecule has 0 saturated heterocycles. The fraction of sp³-hybridized carbons (Fsp3) is 0.250. The van der Waals surface area contributed by atoms with Crippen molar-refractivity contribution in [1.29, 1.82) is 0 Å². The van der Waals surface area contributed by atoms with E-state index in [4.69, 9.17) is 16.3 Å². The van der Waals surface area contributed by atoms with Crippen molar-refractivity contribution in [3.8, 4) is 5.75 Å². The summed E-state index contributed by atoms with van der Waals surface area (Å²) in [4.78, 5) is -0.169. The third-order valence-electron chi connectivity index (χ3n) is 3.92. The van der Waals surface area contributed by atoms with Crippen LogP contribution in [0.15, 0.2) is 47.4 Å². The van der Waals surface area contributed by atoms with Crippen LogP contribution in [0.25, 0.3) is 0 Å². The zero-order chi connectivity index (χ0) is 17.4. The van der Waals surface area contributed by atoms with Gasteiger partial charge in [0.2, 0.25) is 10.0 Å². The molecule has 0 aromatic heterocycles. The Hall–Kier alpha value is -1.67. The maximum atomic E-state index is 13.2. The summed E-state index contributed by atoms with van der Waals surface area (Å²) in [5.74, 6) is -0.178. The van der Waals surface area contributed by atoms with Crippen LogP contribution in [0.5, 0.6) is 5.75 Å². The molecule has 0 amide bonds. The topological polar surface area (TPSA) is 75.6 Å². The van der Waals surface area contributed by atoms with Crippen molar-refractivity contribution >= 4 is 21.6 Å². The van der Waals surface area contributed by atoms with E-state index in [9.17, 15) is 17.9 Å². The predicted octanol–water partition coefficient (Wildman–Crippen LogP) is 2.43. The van der Waals surface area contributed by atoms with Gasteiger partial charge in [-0.25, -0.2) is 17.5 Å². The molecule has 0 aliphatic carbocycles. The van der Waals surface area contributed by atoms with Crippen molar-refractivity contribution in [2.24, 2.45) is 0 Å². The van der Waals surface area contributed by atoms with Gasteiger partial charge in [-0.15, -0.1) is 0 Å². The number of fused-ring (bicyclic) bond motifs is 1. The molecular formula is C16H15ClFNO4S. The molecule has 0 bridgehead atoms. The standard InChI is InChI=1S/C16H15ClFNO4S/c17-13-9-11(5-6-14(13)18)24(21,22)19-10-16(20)7-8-23-15-4-2-1-3-12(15)16/h1-6,9,19-20H,7-8,10H2/t16-/m0/s1. The Morgan fingerprint density at radius 3 is 2.79 bits per heavy atom. The van der Waals surface area contributed by atoms with Crippen LogP contribution >= 0.6 is 11.6 Å². The first-order valence-corrected chi connectivity index (χ1v) is 9.07. The molecule has 1 aliphatic rings. The van der Waals surface area contributed by atoms with Gasteiger partial charge in [0.05, 0.1) is 16.5 Å². The first kappa shape index (κ1) is 17.2. The van der Waals surface area contributed by atoms with Crippen molar-refractivity contribution in [1.82, 2.24) is 4.72 Å². The van der Waals surface area contributed by atoms with Gasteiger partial charge >= 0.3 is 0 Å². The highest BCUT2D eigenvalue weighted by molar-refractivity contribution is 7.89. The van der Waals surface area contributed by atoms with Gasteiger partial charge in [0.25, 0.3) is 0 Å². The van der Waals surface area contributed by atoms with E-state index in [1.807, 2.05) is 0 Å². The molecule has 3 rings (SSSR count). The van der Waals surface area contributed by atoms with Crippen LogP contribution in [0.3, 0.4) is 0 Å². The number of nitrogens with one attached hydrogen (secondary N) is 1. The average Bonchev–Trinajstić information content (AvgIpc) is 2.56. The highest BCUT2D eigenvalue weighted by Gasteiger charge is 2.36. The van der Waals surface area contributed by atoms with Crippen molar-refractivity contribution in [2.45, 2.75) is 16.9 Å². The molecule has 2 N–H and O–H groups in total. The van der Waals surface area contributed by atoms with Gasteiger partial charge in [-0.3, -0.25) is 0 Å².